The van der Waals surface area contributed by atoms with Gasteiger partial charge in [0.15, 0.2) is 0 Å². The van der Waals surface area contributed by atoms with Gasteiger partial charge in [0.2, 0.25) is 0 Å². The Morgan fingerprint density at radius 2 is 2.10 bits per heavy atom. The Morgan fingerprint density at radius 1 is 1.33 bits per heavy atom. The van der Waals surface area contributed by atoms with Gasteiger partial charge in [-0.25, -0.2) is 4.98 Å². The molecule has 1 N–H and O–H groups in total. The maximum absolute atomic E-state index is 5.79. The van der Waals surface area contributed by atoms with Crippen LogP contribution in [0, 0.1) is 6.92 Å². The molecule has 1 atom stereocenters. The van der Waals surface area contributed by atoms with Crippen molar-refractivity contribution in [1.82, 2.24) is 10.3 Å². The third-order valence-electron chi connectivity index (χ3n) is 3.34. The molecule has 21 heavy (non-hydrogen) atoms. The number of nitrogens with zero attached hydrogens (tertiary/aromatic N) is 1. The second-order valence-electron chi connectivity index (χ2n) is 5.37. The summed E-state index contributed by atoms with van der Waals surface area (Å²) in [6.07, 6.45) is 1.16. The quantitative estimate of drug-likeness (QED) is 0.872. The Kier molecular flexibility index (Phi) is 5.37. The van der Waals surface area contributed by atoms with Gasteiger partial charge in [-0.3, -0.25) is 0 Å². The number of aryl methyl sites for hydroxylation is 2. The van der Waals surface area contributed by atoms with Gasteiger partial charge in [0, 0.05) is 4.88 Å². The van der Waals surface area contributed by atoms with Crippen molar-refractivity contribution in [1.29, 1.82) is 0 Å². The molecule has 1 heterocycles. The number of thiazole rings is 1. The summed E-state index contributed by atoms with van der Waals surface area (Å²) >= 11 is 1.77. The average molecular weight is 304 g/mol. The highest BCUT2D eigenvalue weighted by Gasteiger charge is 2.18. The van der Waals surface area contributed by atoms with E-state index in [1.807, 2.05) is 33.0 Å². The number of ether oxygens (including phenoxy) is 1. The first-order valence-corrected chi connectivity index (χ1v) is 8.26. The number of aromatic nitrogens is 1. The molecular weight excluding hydrogens is 280 g/mol. The van der Waals surface area contributed by atoms with Crippen LogP contribution in [0.1, 0.15) is 48.0 Å². The molecule has 1 unspecified atom stereocenters. The van der Waals surface area contributed by atoms with E-state index in [2.05, 4.69) is 31.3 Å². The van der Waals surface area contributed by atoms with Crippen LogP contribution in [0.3, 0.4) is 0 Å². The molecule has 0 spiro atoms. The number of benzene rings is 1. The van der Waals surface area contributed by atoms with E-state index in [9.17, 15) is 0 Å². The molecule has 0 fully saturated rings. The number of hydrogen-bond donors (Lipinski definition) is 1. The Bertz CT molecular complexity index is 592. The van der Waals surface area contributed by atoms with Crippen LogP contribution in [0.5, 0.6) is 5.75 Å². The van der Waals surface area contributed by atoms with Crippen molar-refractivity contribution in [3.63, 3.8) is 0 Å². The van der Waals surface area contributed by atoms with Crippen LogP contribution in [0.2, 0.25) is 0 Å². The fourth-order valence-corrected chi connectivity index (χ4v) is 3.52. The zero-order valence-corrected chi connectivity index (χ0v) is 14.3. The Hall–Kier alpha value is -1.39. The average Bonchev–Trinajstić information content (AvgIpc) is 2.80. The minimum absolute atomic E-state index is 0.115. The van der Waals surface area contributed by atoms with Crippen molar-refractivity contribution in [2.24, 2.45) is 0 Å². The van der Waals surface area contributed by atoms with Crippen LogP contribution in [-0.4, -0.2) is 18.1 Å². The summed E-state index contributed by atoms with van der Waals surface area (Å²) in [5.74, 6) is 0.909. The first-order valence-electron chi connectivity index (χ1n) is 7.45. The molecule has 3 nitrogen and oxygen atoms in total. The Morgan fingerprint density at radius 3 is 2.67 bits per heavy atom. The molecule has 0 aliphatic heterocycles. The highest BCUT2D eigenvalue weighted by molar-refractivity contribution is 7.11. The molecule has 4 heteroatoms. The van der Waals surface area contributed by atoms with E-state index < -0.39 is 0 Å². The summed E-state index contributed by atoms with van der Waals surface area (Å²) in [5.41, 5.74) is 2.39. The smallest absolute Gasteiger partial charge is 0.120 e. The fraction of sp³-hybridized carbons (Fsp3) is 0.471. The molecule has 0 bridgehead atoms. The third-order valence-corrected chi connectivity index (χ3v) is 4.42. The monoisotopic (exact) mass is 304 g/mol. The van der Waals surface area contributed by atoms with E-state index in [0.717, 1.165) is 17.2 Å². The van der Waals surface area contributed by atoms with Crippen LogP contribution in [-0.2, 0) is 6.42 Å². The standard InChI is InChI=1S/C17H24N2OS/c1-6-15-12(4)21-17(19-15)16(18-5)13-8-7-9-14(10-13)20-11(2)3/h7-11,16,18H,6H2,1-5H3. The van der Waals surface area contributed by atoms with Crippen molar-refractivity contribution >= 4 is 11.3 Å². The first-order chi connectivity index (χ1) is 10.0. The lowest BCUT2D eigenvalue weighted by molar-refractivity contribution is 0.242. The second kappa shape index (κ2) is 7.05. The van der Waals surface area contributed by atoms with Crippen molar-refractivity contribution in [2.45, 2.75) is 46.3 Å². The lowest BCUT2D eigenvalue weighted by atomic mass is 10.1. The van der Waals surface area contributed by atoms with Gasteiger partial charge in [0.1, 0.15) is 10.8 Å². The van der Waals surface area contributed by atoms with Crippen molar-refractivity contribution in [2.75, 3.05) is 7.05 Å². The topological polar surface area (TPSA) is 34.2 Å². The zero-order chi connectivity index (χ0) is 15.4. The summed E-state index contributed by atoms with van der Waals surface area (Å²) < 4.78 is 5.79. The number of hydrogen-bond acceptors (Lipinski definition) is 4. The molecule has 0 saturated carbocycles. The molecule has 2 aromatic rings. The van der Waals surface area contributed by atoms with E-state index in [1.165, 1.54) is 16.1 Å². The molecule has 0 radical (unpaired) electrons. The van der Waals surface area contributed by atoms with Gasteiger partial charge in [-0.15, -0.1) is 11.3 Å². The van der Waals surface area contributed by atoms with Crippen LogP contribution in [0.25, 0.3) is 0 Å². The third kappa shape index (κ3) is 3.83. The van der Waals surface area contributed by atoms with Gasteiger partial charge in [-0.05, 0) is 51.9 Å². The normalized spacial score (nSPS) is 12.7. The fourth-order valence-electron chi connectivity index (χ4n) is 2.37. The number of nitrogens with one attached hydrogen (secondary N) is 1. The molecule has 0 aliphatic rings. The van der Waals surface area contributed by atoms with E-state index >= 15 is 0 Å². The maximum Gasteiger partial charge on any atom is 0.120 e. The summed E-state index contributed by atoms with van der Waals surface area (Å²) in [6.45, 7) is 8.38. The molecule has 0 aliphatic carbocycles. The van der Waals surface area contributed by atoms with Crippen molar-refractivity contribution in [3.05, 3.63) is 45.4 Å². The summed E-state index contributed by atoms with van der Waals surface area (Å²) in [4.78, 5) is 6.09. The van der Waals surface area contributed by atoms with E-state index in [1.54, 1.807) is 11.3 Å². The van der Waals surface area contributed by atoms with Gasteiger partial charge >= 0.3 is 0 Å². The largest absolute Gasteiger partial charge is 0.491 e. The van der Waals surface area contributed by atoms with Gasteiger partial charge in [0.05, 0.1) is 17.8 Å². The van der Waals surface area contributed by atoms with Gasteiger partial charge in [-0.2, -0.15) is 0 Å². The predicted octanol–water partition coefficient (Wildman–Crippen LogP) is 4.11. The molecule has 1 aromatic carbocycles. The molecule has 0 saturated heterocycles. The molecular formula is C17H24N2OS. The van der Waals surface area contributed by atoms with Crippen molar-refractivity contribution in [3.8, 4) is 5.75 Å². The van der Waals surface area contributed by atoms with Gasteiger partial charge < -0.3 is 10.1 Å². The van der Waals surface area contributed by atoms with Crippen LogP contribution in [0.15, 0.2) is 24.3 Å². The van der Waals surface area contributed by atoms with E-state index in [0.29, 0.717) is 0 Å². The van der Waals surface area contributed by atoms with Crippen molar-refractivity contribution < 1.29 is 4.74 Å². The van der Waals surface area contributed by atoms with Crippen LogP contribution < -0.4 is 10.1 Å². The highest BCUT2D eigenvalue weighted by Crippen LogP contribution is 2.30. The summed E-state index contributed by atoms with van der Waals surface area (Å²) in [6, 6.07) is 8.38. The van der Waals surface area contributed by atoms with Gasteiger partial charge in [0.25, 0.3) is 0 Å². The summed E-state index contributed by atoms with van der Waals surface area (Å²) in [5, 5.41) is 4.49. The second-order valence-corrected chi connectivity index (χ2v) is 6.60. The first kappa shape index (κ1) is 16.0. The highest BCUT2D eigenvalue weighted by atomic mass is 32.1. The van der Waals surface area contributed by atoms with E-state index in [4.69, 9.17) is 9.72 Å². The molecule has 114 valence electrons. The zero-order valence-electron chi connectivity index (χ0n) is 13.4. The Balaban J connectivity index is 2.32. The van der Waals surface area contributed by atoms with Gasteiger partial charge in [-0.1, -0.05) is 19.1 Å². The molecule has 0 amide bonds. The SMILES string of the molecule is CCc1nc(C(NC)c2cccc(OC(C)C)c2)sc1C. The Labute approximate surface area is 131 Å². The lowest BCUT2D eigenvalue weighted by Crippen LogP contribution is -2.17. The molecule has 1 aromatic heterocycles. The van der Waals surface area contributed by atoms with E-state index in [-0.39, 0.29) is 12.1 Å². The predicted molar refractivity (Wildman–Crippen MR) is 89.3 cm³/mol. The maximum atomic E-state index is 5.79. The minimum atomic E-state index is 0.115. The lowest BCUT2D eigenvalue weighted by Gasteiger charge is -2.16. The summed E-state index contributed by atoms with van der Waals surface area (Å²) in [7, 11) is 1.98. The van der Waals surface area contributed by atoms with Crippen LogP contribution >= 0.6 is 11.3 Å². The van der Waals surface area contributed by atoms with Crippen LogP contribution in [0.4, 0.5) is 0 Å². The number of rotatable bonds is 6. The molecule has 2 rings (SSSR count). The minimum Gasteiger partial charge on any atom is -0.491 e.